The first-order chi connectivity index (χ1) is 12.1. The number of methoxy groups -OCH3 is 1. The van der Waals surface area contributed by atoms with Crippen LogP contribution in [0, 0.1) is 0 Å². The van der Waals surface area contributed by atoms with E-state index in [4.69, 9.17) is 4.74 Å². The van der Waals surface area contributed by atoms with E-state index in [1.165, 1.54) is 0 Å². The lowest BCUT2D eigenvalue weighted by atomic mass is 10.0. The summed E-state index contributed by atoms with van der Waals surface area (Å²) in [5.74, 6) is 0.397. The Labute approximate surface area is 145 Å². The van der Waals surface area contributed by atoms with E-state index in [1.54, 1.807) is 44.4 Å². The summed E-state index contributed by atoms with van der Waals surface area (Å²) >= 11 is 0. The number of nitrogens with zero attached hydrogens (tertiary/aromatic N) is 1. The summed E-state index contributed by atoms with van der Waals surface area (Å²) in [4.78, 5) is 12.2. The maximum atomic E-state index is 12.2. The van der Waals surface area contributed by atoms with Gasteiger partial charge in [-0.3, -0.25) is 4.79 Å². The Kier molecular flexibility index (Phi) is 4.66. The van der Waals surface area contributed by atoms with Gasteiger partial charge < -0.3 is 9.84 Å². The van der Waals surface area contributed by atoms with Crippen molar-refractivity contribution in [2.45, 2.75) is 6.92 Å². The van der Waals surface area contributed by atoms with Crippen LogP contribution in [0.15, 0.2) is 65.8 Å². The summed E-state index contributed by atoms with van der Waals surface area (Å²) < 4.78 is 5.11. The van der Waals surface area contributed by atoms with E-state index in [9.17, 15) is 9.90 Å². The first-order valence-corrected chi connectivity index (χ1v) is 7.80. The zero-order chi connectivity index (χ0) is 17.8. The Hall–Kier alpha value is -3.34. The molecule has 0 radical (unpaired) electrons. The van der Waals surface area contributed by atoms with E-state index in [0.29, 0.717) is 22.6 Å². The Morgan fingerprint density at radius 3 is 2.68 bits per heavy atom. The summed E-state index contributed by atoms with van der Waals surface area (Å²) in [5, 5.41) is 16.3. The molecule has 0 aliphatic carbocycles. The zero-order valence-corrected chi connectivity index (χ0v) is 14.0. The fourth-order valence-corrected chi connectivity index (χ4v) is 2.57. The Morgan fingerprint density at radius 2 is 1.88 bits per heavy atom. The molecule has 0 atom stereocenters. The third-order valence-electron chi connectivity index (χ3n) is 3.95. The minimum absolute atomic E-state index is 0.148. The van der Waals surface area contributed by atoms with Gasteiger partial charge in [0, 0.05) is 16.5 Å². The average molecular weight is 334 g/mol. The maximum absolute atomic E-state index is 12.2. The number of benzene rings is 3. The largest absolute Gasteiger partial charge is 0.507 e. The number of carbonyl (C=O) groups excluding carboxylic acids is 1. The molecule has 5 heteroatoms. The molecule has 3 aromatic rings. The van der Waals surface area contributed by atoms with E-state index in [-0.39, 0.29) is 11.7 Å². The van der Waals surface area contributed by atoms with Gasteiger partial charge in [0.15, 0.2) is 0 Å². The van der Waals surface area contributed by atoms with E-state index < -0.39 is 0 Å². The van der Waals surface area contributed by atoms with Gasteiger partial charge in [-0.05, 0) is 36.6 Å². The fourth-order valence-electron chi connectivity index (χ4n) is 2.57. The van der Waals surface area contributed by atoms with Gasteiger partial charge in [0.25, 0.3) is 5.91 Å². The smallest absolute Gasteiger partial charge is 0.271 e. The predicted molar refractivity (Wildman–Crippen MR) is 98.3 cm³/mol. The fraction of sp³-hybridized carbons (Fsp3) is 0.100. The second kappa shape index (κ2) is 7.05. The lowest BCUT2D eigenvalue weighted by Crippen LogP contribution is -2.19. The number of hydrazone groups is 1. The van der Waals surface area contributed by atoms with Crippen LogP contribution in [-0.2, 0) is 0 Å². The normalized spacial score (nSPS) is 11.4. The minimum atomic E-state index is -0.349. The average Bonchev–Trinajstić information content (AvgIpc) is 2.66. The predicted octanol–water partition coefficient (Wildman–Crippen LogP) is 3.71. The van der Waals surface area contributed by atoms with Crippen LogP contribution in [0.2, 0.25) is 0 Å². The van der Waals surface area contributed by atoms with Crippen LogP contribution < -0.4 is 10.2 Å². The lowest BCUT2D eigenvalue weighted by Gasteiger charge is -2.08. The second-order valence-electron chi connectivity index (χ2n) is 5.55. The van der Waals surface area contributed by atoms with Gasteiger partial charge in [-0.1, -0.05) is 36.4 Å². The van der Waals surface area contributed by atoms with Crippen molar-refractivity contribution in [3.8, 4) is 11.5 Å². The van der Waals surface area contributed by atoms with Crippen molar-refractivity contribution < 1.29 is 14.6 Å². The number of fused-ring (bicyclic) bond motifs is 1. The number of hydrogen-bond donors (Lipinski definition) is 2. The van der Waals surface area contributed by atoms with Gasteiger partial charge in [-0.15, -0.1) is 0 Å². The first-order valence-electron chi connectivity index (χ1n) is 7.80. The molecule has 0 aliphatic rings. The van der Waals surface area contributed by atoms with Crippen molar-refractivity contribution in [2.24, 2.45) is 5.10 Å². The van der Waals surface area contributed by atoms with Crippen LogP contribution in [0.3, 0.4) is 0 Å². The van der Waals surface area contributed by atoms with Gasteiger partial charge in [0.05, 0.1) is 12.8 Å². The van der Waals surface area contributed by atoms with Gasteiger partial charge in [-0.2, -0.15) is 5.10 Å². The number of amides is 1. The molecule has 3 aromatic carbocycles. The van der Waals surface area contributed by atoms with Crippen molar-refractivity contribution >= 4 is 22.4 Å². The van der Waals surface area contributed by atoms with Crippen LogP contribution in [0.1, 0.15) is 22.8 Å². The monoisotopic (exact) mass is 334 g/mol. The molecule has 0 heterocycles. The molecule has 126 valence electrons. The number of nitrogens with one attached hydrogen (secondary N) is 1. The summed E-state index contributed by atoms with van der Waals surface area (Å²) in [7, 11) is 1.54. The molecule has 0 spiro atoms. The first kappa shape index (κ1) is 16.5. The Morgan fingerprint density at radius 1 is 1.08 bits per heavy atom. The molecule has 2 N–H and O–H groups in total. The summed E-state index contributed by atoms with van der Waals surface area (Å²) in [6.45, 7) is 1.73. The third kappa shape index (κ3) is 3.45. The summed E-state index contributed by atoms with van der Waals surface area (Å²) in [6, 6.07) is 18.1. The number of rotatable bonds is 4. The highest BCUT2D eigenvalue weighted by atomic mass is 16.5. The molecule has 0 fully saturated rings. The highest BCUT2D eigenvalue weighted by molar-refractivity contribution is 6.07. The number of phenolic OH excluding ortho intramolecular Hbond substituents is 1. The highest BCUT2D eigenvalue weighted by Crippen LogP contribution is 2.28. The molecule has 0 saturated carbocycles. The number of phenols is 1. The van der Waals surface area contributed by atoms with Crippen molar-refractivity contribution in [1.29, 1.82) is 0 Å². The zero-order valence-electron chi connectivity index (χ0n) is 14.0. The Bertz CT molecular complexity index is 964. The minimum Gasteiger partial charge on any atom is -0.507 e. The van der Waals surface area contributed by atoms with Crippen LogP contribution >= 0.6 is 0 Å². The lowest BCUT2D eigenvalue weighted by molar-refractivity contribution is 0.0954. The van der Waals surface area contributed by atoms with Crippen molar-refractivity contribution in [2.75, 3.05) is 7.11 Å². The SMILES string of the molecule is COc1cccc(C(=O)N/N=C(/C)c2ccc3ccccc3c2O)c1. The molecule has 25 heavy (non-hydrogen) atoms. The molecule has 0 unspecified atom stereocenters. The number of hydrogen-bond acceptors (Lipinski definition) is 4. The van der Waals surface area contributed by atoms with E-state index in [1.807, 2.05) is 30.3 Å². The summed E-state index contributed by atoms with van der Waals surface area (Å²) in [6.07, 6.45) is 0. The van der Waals surface area contributed by atoms with Crippen molar-refractivity contribution in [3.05, 3.63) is 71.8 Å². The van der Waals surface area contributed by atoms with Crippen LogP contribution in [0.4, 0.5) is 0 Å². The van der Waals surface area contributed by atoms with Gasteiger partial charge >= 0.3 is 0 Å². The quantitative estimate of drug-likeness (QED) is 0.564. The number of ether oxygens (including phenoxy) is 1. The van der Waals surface area contributed by atoms with Crippen molar-refractivity contribution in [1.82, 2.24) is 5.43 Å². The molecule has 0 bridgehead atoms. The van der Waals surface area contributed by atoms with E-state index in [0.717, 1.165) is 10.8 Å². The van der Waals surface area contributed by atoms with E-state index in [2.05, 4.69) is 10.5 Å². The highest BCUT2D eigenvalue weighted by Gasteiger charge is 2.10. The van der Waals surface area contributed by atoms with Crippen molar-refractivity contribution in [3.63, 3.8) is 0 Å². The second-order valence-corrected chi connectivity index (χ2v) is 5.55. The molecule has 0 aliphatic heterocycles. The number of carbonyl (C=O) groups is 1. The van der Waals surface area contributed by atoms with Gasteiger partial charge in [0.2, 0.25) is 0 Å². The topological polar surface area (TPSA) is 70.9 Å². The van der Waals surface area contributed by atoms with Crippen LogP contribution in [0.5, 0.6) is 11.5 Å². The van der Waals surface area contributed by atoms with Gasteiger partial charge in [0.1, 0.15) is 11.5 Å². The Balaban J connectivity index is 1.84. The summed E-state index contributed by atoms with van der Waals surface area (Å²) in [5.41, 5.74) is 4.04. The maximum Gasteiger partial charge on any atom is 0.271 e. The third-order valence-corrected chi connectivity index (χ3v) is 3.95. The van der Waals surface area contributed by atoms with E-state index >= 15 is 0 Å². The molecule has 0 aromatic heterocycles. The van der Waals surface area contributed by atoms with Gasteiger partial charge in [-0.25, -0.2) is 5.43 Å². The molecular formula is C20H18N2O3. The van der Waals surface area contributed by atoms with Crippen LogP contribution in [0.25, 0.3) is 10.8 Å². The standard InChI is InChI=1S/C20H18N2O3/c1-13(17-11-10-14-6-3-4-9-18(14)19(17)23)21-22-20(24)15-7-5-8-16(12-15)25-2/h3-12,23H,1-2H3,(H,22,24)/b21-13-. The molecule has 0 saturated heterocycles. The molecule has 3 rings (SSSR count). The molecule has 5 nitrogen and oxygen atoms in total. The molecular weight excluding hydrogens is 316 g/mol. The van der Waals surface area contributed by atoms with Crippen LogP contribution in [-0.4, -0.2) is 23.8 Å². The molecule has 1 amide bonds. The number of aromatic hydroxyl groups is 1.